The summed E-state index contributed by atoms with van der Waals surface area (Å²) in [5, 5.41) is 14.8. The summed E-state index contributed by atoms with van der Waals surface area (Å²) in [5.41, 5.74) is 7.78. The standard InChI is InChI=1S/C33H31N5O6/c1-21(39)44-33(2,3)32(41)37-26-12-13-30(36-18-26)38-31(40)25-14-27(42-19-23-9-5-4-8-22(23)17-34)16-28(15-25)43-20-24-10-6-7-11-29(24)35/h4-16,18H,19-20,35H2,1-3H3,(H,37,41)(H,36,38,40). The lowest BCUT2D eigenvalue weighted by atomic mass is 10.1. The van der Waals surface area contributed by atoms with Crippen molar-refractivity contribution in [3.8, 4) is 17.6 Å². The predicted molar refractivity (Wildman–Crippen MR) is 164 cm³/mol. The molecular formula is C33H31N5O6. The number of nitrogens with zero attached hydrogens (tertiary/aromatic N) is 2. The van der Waals surface area contributed by atoms with Crippen molar-refractivity contribution in [2.75, 3.05) is 16.4 Å². The third-order valence-corrected chi connectivity index (χ3v) is 6.33. The third kappa shape index (κ3) is 8.33. The van der Waals surface area contributed by atoms with Crippen LogP contribution in [0.4, 0.5) is 17.2 Å². The third-order valence-electron chi connectivity index (χ3n) is 6.33. The zero-order valence-electron chi connectivity index (χ0n) is 24.4. The molecule has 0 fully saturated rings. The molecule has 11 nitrogen and oxygen atoms in total. The van der Waals surface area contributed by atoms with E-state index >= 15 is 0 Å². The van der Waals surface area contributed by atoms with Crippen LogP contribution in [0.3, 0.4) is 0 Å². The summed E-state index contributed by atoms with van der Waals surface area (Å²) in [5.74, 6) is -0.669. The number of benzene rings is 3. The number of aromatic nitrogens is 1. The fraction of sp³-hybridized carbons (Fsp3) is 0.182. The number of nitriles is 1. The van der Waals surface area contributed by atoms with E-state index in [-0.39, 0.29) is 24.6 Å². The number of hydrogen-bond donors (Lipinski definition) is 3. The van der Waals surface area contributed by atoms with E-state index in [0.717, 1.165) is 5.56 Å². The Labute approximate surface area is 254 Å². The number of esters is 1. The van der Waals surface area contributed by atoms with E-state index in [2.05, 4.69) is 21.7 Å². The van der Waals surface area contributed by atoms with Crippen LogP contribution in [0, 0.1) is 11.3 Å². The van der Waals surface area contributed by atoms with Gasteiger partial charge in [0.1, 0.15) is 30.5 Å². The summed E-state index contributed by atoms with van der Waals surface area (Å²) in [7, 11) is 0. The maximum absolute atomic E-state index is 13.3. The molecule has 4 N–H and O–H groups in total. The highest BCUT2D eigenvalue weighted by Gasteiger charge is 2.31. The average molecular weight is 594 g/mol. The van der Waals surface area contributed by atoms with Crippen LogP contribution in [-0.2, 0) is 27.5 Å². The van der Waals surface area contributed by atoms with E-state index in [1.54, 1.807) is 48.5 Å². The second kappa shape index (κ2) is 13.8. The highest BCUT2D eigenvalue weighted by Crippen LogP contribution is 2.27. The number of nitrogen functional groups attached to an aromatic ring is 1. The van der Waals surface area contributed by atoms with Crippen molar-refractivity contribution in [3.05, 3.63) is 107 Å². The van der Waals surface area contributed by atoms with E-state index in [4.69, 9.17) is 19.9 Å². The van der Waals surface area contributed by atoms with Gasteiger partial charge in [-0.15, -0.1) is 0 Å². The van der Waals surface area contributed by atoms with Crippen LogP contribution in [-0.4, -0.2) is 28.4 Å². The van der Waals surface area contributed by atoms with Gasteiger partial charge in [-0.1, -0.05) is 36.4 Å². The number of para-hydroxylation sites is 1. The lowest BCUT2D eigenvalue weighted by Crippen LogP contribution is -2.41. The first-order chi connectivity index (χ1) is 21.0. The second-order valence-electron chi connectivity index (χ2n) is 10.2. The Balaban J connectivity index is 1.50. The van der Waals surface area contributed by atoms with Crippen LogP contribution in [0.2, 0.25) is 0 Å². The molecule has 0 aliphatic heterocycles. The summed E-state index contributed by atoms with van der Waals surface area (Å²) in [6.07, 6.45) is 1.36. The molecule has 0 aliphatic carbocycles. The molecule has 4 aromatic rings. The van der Waals surface area contributed by atoms with Crippen molar-refractivity contribution in [3.63, 3.8) is 0 Å². The van der Waals surface area contributed by atoms with Gasteiger partial charge in [-0.2, -0.15) is 5.26 Å². The normalized spacial score (nSPS) is 10.7. The van der Waals surface area contributed by atoms with Crippen molar-refractivity contribution in [1.82, 2.24) is 4.98 Å². The first-order valence-corrected chi connectivity index (χ1v) is 13.5. The predicted octanol–water partition coefficient (Wildman–Crippen LogP) is 5.23. The number of nitrogens with one attached hydrogen (secondary N) is 2. The Bertz CT molecular complexity index is 1710. The molecule has 1 heterocycles. The van der Waals surface area contributed by atoms with Gasteiger partial charge in [0.25, 0.3) is 11.8 Å². The van der Waals surface area contributed by atoms with E-state index in [9.17, 15) is 19.6 Å². The molecule has 0 atom stereocenters. The number of nitrogens with two attached hydrogens (primary N) is 1. The van der Waals surface area contributed by atoms with Crippen LogP contribution in [0.25, 0.3) is 0 Å². The first-order valence-electron chi connectivity index (χ1n) is 13.5. The highest BCUT2D eigenvalue weighted by atomic mass is 16.6. The average Bonchev–Trinajstić information content (AvgIpc) is 3.00. The maximum atomic E-state index is 13.3. The van der Waals surface area contributed by atoms with Gasteiger partial charge in [-0.3, -0.25) is 14.4 Å². The molecule has 0 saturated carbocycles. The topological polar surface area (TPSA) is 166 Å². The van der Waals surface area contributed by atoms with Crippen molar-refractivity contribution in [2.45, 2.75) is 39.6 Å². The molecule has 0 aliphatic rings. The molecule has 1 aromatic heterocycles. The summed E-state index contributed by atoms with van der Waals surface area (Å²) < 4.78 is 17.0. The van der Waals surface area contributed by atoms with Gasteiger partial charge in [0.2, 0.25) is 0 Å². The van der Waals surface area contributed by atoms with E-state index in [0.29, 0.717) is 34.0 Å². The Morgan fingerprint density at radius 3 is 2.14 bits per heavy atom. The Morgan fingerprint density at radius 2 is 1.52 bits per heavy atom. The number of amides is 2. The summed E-state index contributed by atoms with van der Waals surface area (Å²) in [6.45, 7) is 4.43. The summed E-state index contributed by atoms with van der Waals surface area (Å²) in [6, 6.07) is 24.3. The number of ether oxygens (including phenoxy) is 3. The van der Waals surface area contributed by atoms with Crippen molar-refractivity contribution in [2.24, 2.45) is 0 Å². The lowest BCUT2D eigenvalue weighted by molar-refractivity contribution is -0.160. The molecule has 4 rings (SSSR count). The van der Waals surface area contributed by atoms with Crippen LogP contribution in [0.5, 0.6) is 11.5 Å². The van der Waals surface area contributed by atoms with Crippen molar-refractivity contribution >= 4 is 35.0 Å². The van der Waals surface area contributed by atoms with E-state index in [1.807, 2.05) is 24.3 Å². The minimum Gasteiger partial charge on any atom is -0.489 e. The number of pyridine rings is 1. The number of carbonyl (C=O) groups excluding carboxylic acids is 3. The van der Waals surface area contributed by atoms with Crippen molar-refractivity contribution in [1.29, 1.82) is 5.26 Å². The van der Waals surface area contributed by atoms with Gasteiger partial charge < -0.3 is 30.6 Å². The molecule has 0 bridgehead atoms. The zero-order chi connectivity index (χ0) is 31.7. The van der Waals surface area contributed by atoms with Gasteiger partial charge in [0.15, 0.2) is 5.60 Å². The Morgan fingerprint density at radius 1 is 0.886 bits per heavy atom. The minimum absolute atomic E-state index is 0.100. The number of anilines is 3. The zero-order valence-corrected chi connectivity index (χ0v) is 24.4. The number of carbonyl (C=O) groups is 3. The fourth-order valence-electron chi connectivity index (χ4n) is 4.03. The molecule has 0 spiro atoms. The monoisotopic (exact) mass is 593 g/mol. The molecule has 3 aromatic carbocycles. The molecule has 224 valence electrons. The van der Waals surface area contributed by atoms with E-state index < -0.39 is 23.4 Å². The molecule has 2 amide bonds. The van der Waals surface area contributed by atoms with Gasteiger partial charge in [0.05, 0.1) is 23.5 Å². The minimum atomic E-state index is -1.38. The number of rotatable bonds is 11. The van der Waals surface area contributed by atoms with Crippen LogP contribution >= 0.6 is 0 Å². The molecule has 11 heteroatoms. The largest absolute Gasteiger partial charge is 0.489 e. The number of hydrogen-bond acceptors (Lipinski definition) is 9. The summed E-state index contributed by atoms with van der Waals surface area (Å²) in [4.78, 5) is 41.2. The first kappa shape index (κ1) is 31.1. The SMILES string of the molecule is CC(=O)OC(C)(C)C(=O)Nc1ccc(NC(=O)c2cc(OCc3ccccc3N)cc(OCc3ccccc3C#N)c2)nc1. The van der Waals surface area contributed by atoms with Gasteiger partial charge in [-0.25, -0.2) is 4.98 Å². The molecule has 0 unspecified atom stereocenters. The Kier molecular flexibility index (Phi) is 9.77. The highest BCUT2D eigenvalue weighted by molar-refractivity contribution is 6.04. The Hall–Kier alpha value is -5.89. The summed E-state index contributed by atoms with van der Waals surface area (Å²) >= 11 is 0. The molecular weight excluding hydrogens is 562 g/mol. The van der Waals surface area contributed by atoms with Crippen LogP contribution in [0.1, 0.15) is 47.8 Å². The lowest BCUT2D eigenvalue weighted by Gasteiger charge is -2.23. The quantitative estimate of drug-likeness (QED) is 0.156. The molecule has 44 heavy (non-hydrogen) atoms. The molecule has 0 radical (unpaired) electrons. The smallest absolute Gasteiger partial charge is 0.303 e. The van der Waals surface area contributed by atoms with Crippen LogP contribution < -0.4 is 25.8 Å². The van der Waals surface area contributed by atoms with Gasteiger partial charge in [-0.05, 0) is 50.2 Å². The second-order valence-corrected chi connectivity index (χ2v) is 10.2. The van der Waals surface area contributed by atoms with E-state index in [1.165, 1.54) is 33.0 Å². The van der Waals surface area contributed by atoms with Crippen molar-refractivity contribution < 1.29 is 28.6 Å². The molecule has 0 saturated heterocycles. The van der Waals surface area contributed by atoms with Gasteiger partial charge in [0, 0.05) is 35.4 Å². The van der Waals surface area contributed by atoms with Crippen LogP contribution in [0.15, 0.2) is 85.1 Å². The maximum Gasteiger partial charge on any atom is 0.303 e. The fourth-order valence-corrected chi connectivity index (χ4v) is 4.03. The van der Waals surface area contributed by atoms with Gasteiger partial charge >= 0.3 is 5.97 Å².